The van der Waals surface area contributed by atoms with Crippen LogP contribution in [0.5, 0.6) is 5.88 Å². The van der Waals surface area contributed by atoms with Crippen LogP contribution in [0.2, 0.25) is 0 Å². The van der Waals surface area contributed by atoms with E-state index in [0.717, 1.165) is 10.9 Å². The Balaban J connectivity index is 2.01. The highest BCUT2D eigenvalue weighted by Gasteiger charge is 2.12. The molecule has 1 atom stereocenters. The number of carbonyl (C=O) groups is 1. The molecule has 1 heterocycles. The maximum Gasteiger partial charge on any atom is 0.258 e. The molecule has 0 radical (unpaired) electrons. The molecule has 5 heteroatoms. The largest absolute Gasteiger partial charge is 0.467 e. The number of ether oxygens (including phenoxy) is 1. The lowest BCUT2D eigenvalue weighted by Crippen LogP contribution is -2.39. The van der Waals surface area contributed by atoms with Gasteiger partial charge in [-0.1, -0.05) is 26.0 Å². The number of fused-ring (bicyclic) bond motifs is 1. The molecule has 1 aromatic heterocycles. The van der Waals surface area contributed by atoms with Crippen LogP contribution < -0.4 is 10.1 Å². The van der Waals surface area contributed by atoms with Crippen molar-refractivity contribution in [1.29, 1.82) is 0 Å². The average molecular weight is 273 g/mol. The Kier molecular flexibility index (Phi) is 4.50. The number of nitrogens with zero attached hydrogens (tertiary/aromatic N) is 2. The highest BCUT2D eigenvalue weighted by Crippen LogP contribution is 2.20. The maximum atomic E-state index is 11.8. The van der Waals surface area contributed by atoms with Crippen LogP contribution >= 0.6 is 0 Å². The molecule has 5 nitrogen and oxygen atoms in total. The second kappa shape index (κ2) is 6.32. The van der Waals surface area contributed by atoms with Crippen LogP contribution in [0.1, 0.15) is 20.8 Å². The number of carbonyl (C=O) groups excluding carboxylic acids is 1. The van der Waals surface area contributed by atoms with Gasteiger partial charge in [-0.15, -0.1) is 0 Å². The van der Waals surface area contributed by atoms with E-state index in [1.807, 2.05) is 31.2 Å². The van der Waals surface area contributed by atoms with Crippen LogP contribution in [-0.2, 0) is 4.79 Å². The molecular formula is C15H19N3O2. The van der Waals surface area contributed by atoms with E-state index in [9.17, 15) is 4.79 Å². The average Bonchev–Trinajstić information content (AvgIpc) is 2.44. The second-order valence-electron chi connectivity index (χ2n) is 5.08. The summed E-state index contributed by atoms with van der Waals surface area (Å²) in [6, 6.07) is 7.66. The van der Waals surface area contributed by atoms with Gasteiger partial charge < -0.3 is 10.1 Å². The van der Waals surface area contributed by atoms with Gasteiger partial charge in [0.1, 0.15) is 6.33 Å². The highest BCUT2D eigenvalue weighted by molar-refractivity contribution is 5.84. The molecule has 0 unspecified atom stereocenters. The van der Waals surface area contributed by atoms with Crippen LogP contribution in [-0.4, -0.2) is 28.5 Å². The van der Waals surface area contributed by atoms with Gasteiger partial charge in [0.25, 0.3) is 5.91 Å². The van der Waals surface area contributed by atoms with Crippen LogP contribution in [0.15, 0.2) is 30.6 Å². The van der Waals surface area contributed by atoms with Gasteiger partial charge in [0.05, 0.1) is 10.9 Å². The zero-order valence-corrected chi connectivity index (χ0v) is 12.0. The molecule has 106 valence electrons. The van der Waals surface area contributed by atoms with E-state index in [4.69, 9.17) is 4.74 Å². The summed E-state index contributed by atoms with van der Waals surface area (Å²) in [5.74, 6) is 0.677. The zero-order chi connectivity index (χ0) is 14.5. The third-order valence-electron chi connectivity index (χ3n) is 3.23. The summed E-state index contributed by atoms with van der Waals surface area (Å²) in [6.07, 6.45) is 1.44. The molecule has 1 aromatic carbocycles. The molecule has 0 aliphatic heterocycles. The molecule has 0 spiro atoms. The van der Waals surface area contributed by atoms with Crippen molar-refractivity contribution in [2.24, 2.45) is 5.92 Å². The van der Waals surface area contributed by atoms with Gasteiger partial charge in [0.2, 0.25) is 5.88 Å². The summed E-state index contributed by atoms with van der Waals surface area (Å²) < 4.78 is 5.50. The van der Waals surface area contributed by atoms with E-state index >= 15 is 0 Å². The Labute approximate surface area is 118 Å². The lowest BCUT2D eigenvalue weighted by atomic mass is 10.1. The fourth-order valence-corrected chi connectivity index (χ4v) is 1.69. The maximum absolute atomic E-state index is 11.8. The van der Waals surface area contributed by atoms with Crippen molar-refractivity contribution >= 4 is 16.8 Å². The molecule has 1 N–H and O–H groups in total. The summed E-state index contributed by atoms with van der Waals surface area (Å²) in [5.41, 5.74) is 0.799. The predicted octanol–water partition coefficient (Wildman–Crippen LogP) is 2.17. The van der Waals surface area contributed by atoms with Gasteiger partial charge in [-0.2, -0.15) is 0 Å². The first-order valence-corrected chi connectivity index (χ1v) is 6.70. The fourth-order valence-electron chi connectivity index (χ4n) is 1.69. The third kappa shape index (κ3) is 3.44. The number of hydrogen-bond donors (Lipinski definition) is 1. The smallest absolute Gasteiger partial charge is 0.258 e. The summed E-state index contributed by atoms with van der Waals surface area (Å²) in [6.45, 7) is 6.05. The van der Waals surface area contributed by atoms with Crippen molar-refractivity contribution in [3.8, 4) is 5.88 Å². The first kappa shape index (κ1) is 14.2. The Morgan fingerprint density at radius 2 is 2.00 bits per heavy atom. The van der Waals surface area contributed by atoms with Gasteiger partial charge in [-0.05, 0) is 25.0 Å². The number of amides is 1. The lowest BCUT2D eigenvalue weighted by molar-refractivity contribution is -0.124. The van der Waals surface area contributed by atoms with Crippen molar-refractivity contribution in [3.63, 3.8) is 0 Å². The number of nitrogens with one attached hydrogen (secondary N) is 1. The van der Waals surface area contributed by atoms with Gasteiger partial charge in [0.15, 0.2) is 6.61 Å². The summed E-state index contributed by atoms with van der Waals surface area (Å²) in [4.78, 5) is 20.0. The molecule has 0 aliphatic carbocycles. The van der Waals surface area contributed by atoms with Crippen molar-refractivity contribution in [3.05, 3.63) is 30.6 Å². The first-order valence-electron chi connectivity index (χ1n) is 6.70. The van der Waals surface area contributed by atoms with E-state index in [2.05, 4.69) is 29.1 Å². The summed E-state index contributed by atoms with van der Waals surface area (Å²) in [7, 11) is 0. The van der Waals surface area contributed by atoms with Crippen LogP contribution in [0.4, 0.5) is 0 Å². The molecule has 0 saturated heterocycles. The van der Waals surface area contributed by atoms with Crippen LogP contribution in [0.3, 0.4) is 0 Å². The molecule has 2 rings (SSSR count). The molecule has 2 aromatic rings. The Morgan fingerprint density at radius 1 is 1.25 bits per heavy atom. The Hall–Kier alpha value is -2.17. The fraction of sp³-hybridized carbons (Fsp3) is 0.400. The number of aromatic nitrogens is 2. The molecular weight excluding hydrogens is 254 g/mol. The molecule has 0 bridgehead atoms. The predicted molar refractivity (Wildman–Crippen MR) is 77.5 cm³/mol. The minimum atomic E-state index is -0.145. The monoisotopic (exact) mass is 273 g/mol. The van der Waals surface area contributed by atoms with Crippen molar-refractivity contribution in [2.45, 2.75) is 26.8 Å². The second-order valence-corrected chi connectivity index (χ2v) is 5.08. The molecule has 20 heavy (non-hydrogen) atoms. The SMILES string of the molecule is CC(C)[C@H](C)NC(=O)COc1ncnc2ccccc12. The molecule has 0 fully saturated rings. The van der Waals surface area contributed by atoms with E-state index < -0.39 is 0 Å². The first-order chi connectivity index (χ1) is 9.58. The normalized spacial score (nSPS) is 12.4. The summed E-state index contributed by atoms with van der Waals surface area (Å²) >= 11 is 0. The van der Waals surface area contributed by atoms with Crippen molar-refractivity contribution < 1.29 is 9.53 Å². The van der Waals surface area contributed by atoms with E-state index in [1.165, 1.54) is 6.33 Å². The minimum Gasteiger partial charge on any atom is -0.467 e. The topological polar surface area (TPSA) is 64.1 Å². The third-order valence-corrected chi connectivity index (χ3v) is 3.23. The van der Waals surface area contributed by atoms with Gasteiger partial charge in [-0.3, -0.25) is 4.79 Å². The lowest BCUT2D eigenvalue weighted by Gasteiger charge is -2.17. The Morgan fingerprint density at radius 3 is 2.75 bits per heavy atom. The van der Waals surface area contributed by atoms with Crippen molar-refractivity contribution in [2.75, 3.05) is 6.61 Å². The highest BCUT2D eigenvalue weighted by atomic mass is 16.5. The zero-order valence-electron chi connectivity index (χ0n) is 12.0. The summed E-state index contributed by atoms with van der Waals surface area (Å²) in [5, 5.41) is 3.70. The number of rotatable bonds is 5. The van der Waals surface area contributed by atoms with Gasteiger partial charge >= 0.3 is 0 Å². The van der Waals surface area contributed by atoms with E-state index in [0.29, 0.717) is 11.8 Å². The number of hydrogen-bond acceptors (Lipinski definition) is 4. The standard InChI is InChI=1S/C15H19N3O2/c1-10(2)11(3)18-14(19)8-20-15-12-6-4-5-7-13(12)16-9-17-15/h4-7,9-11H,8H2,1-3H3,(H,18,19)/t11-/m0/s1. The molecule has 1 amide bonds. The number of benzene rings is 1. The van der Waals surface area contributed by atoms with Gasteiger partial charge in [0, 0.05) is 6.04 Å². The Bertz CT molecular complexity index is 593. The van der Waals surface area contributed by atoms with Gasteiger partial charge in [-0.25, -0.2) is 9.97 Å². The van der Waals surface area contributed by atoms with E-state index in [1.54, 1.807) is 0 Å². The van der Waals surface area contributed by atoms with Crippen LogP contribution in [0.25, 0.3) is 10.9 Å². The van der Waals surface area contributed by atoms with E-state index in [-0.39, 0.29) is 18.6 Å². The molecule has 0 saturated carbocycles. The van der Waals surface area contributed by atoms with Crippen LogP contribution in [0, 0.1) is 5.92 Å². The quantitative estimate of drug-likeness (QED) is 0.906. The molecule has 0 aliphatic rings. The van der Waals surface area contributed by atoms with Crippen molar-refractivity contribution in [1.82, 2.24) is 15.3 Å². The minimum absolute atomic E-state index is 0.0436. The number of para-hydroxylation sites is 1.